The summed E-state index contributed by atoms with van der Waals surface area (Å²) in [5.74, 6) is 1.20. The lowest BCUT2D eigenvalue weighted by Gasteiger charge is -2.30. The van der Waals surface area contributed by atoms with Crippen LogP contribution in [-0.2, 0) is 6.42 Å². The Morgan fingerprint density at radius 2 is 2.00 bits per heavy atom. The van der Waals surface area contributed by atoms with Crippen LogP contribution in [0.15, 0.2) is 34.8 Å². The predicted octanol–water partition coefficient (Wildman–Crippen LogP) is 3.82. The first kappa shape index (κ1) is 17.9. The summed E-state index contributed by atoms with van der Waals surface area (Å²) in [6, 6.07) is 9.27. The Morgan fingerprint density at radius 1 is 1.20 bits per heavy atom. The van der Waals surface area contributed by atoms with Gasteiger partial charge in [-0.25, -0.2) is 0 Å². The van der Waals surface area contributed by atoms with Crippen molar-refractivity contribution < 1.29 is 14.3 Å². The second kappa shape index (κ2) is 7.14. The highest BCUT2D eigenvalue weighted by Crippen LogP contribution is 2.39. The van der Waals surface area contributed by atoms with Crippen LogP contribution in [0.3, 0.4) is 0 Å². The Balaban J connectivity index is 0.00000182. The summed E-state index contributed by atoms with van der Waals surface area (Å²) in [4.78, 5) is 14.9. The van der Waals surface area contributed by atoms with E-state index >= 15 is 0 Å². The number of nitrogens with two attached hydrogens (primary N) is 1. The minimum Gasteiger partial charge on any atom is -0.486 e. The van der Waals surface area contributed by atoms with Crippen LogP contribution in [0, 0.1) is 0 Å². The number of anilines is 2. The zero-order valence-electron chi connectivity index (χ0n) is 13.5. The molecular weight excluding hydrogens is 408 g/mol. The van der Waals surface area contributed by atoms with Crippen LogP contribution in [0.1, 0.15) is 22.3 Å². The van der Waals surface area contributed by atoms with Crippen molar-refractivity contribution in [3.8, 4) is 11.5 Å². The van der Waals surface area contributed by atoms with Crippen molar-refractivity contribution in [2.24, 2.45) is 0 Å². The van der Waals surface area contributed by atoms with Gasteiger partial charge < -0.3 is 20.1 Å². The molecule has 2 aromatic rings. The normalized spacial score (nSPS) is 15.2. The smallest absolute Gasteiger partial charge is 0.258 e. The number of nitrogen functional groups attached to an aromatic ring is 1. The van der Waals surface area contributed by atoms with E-state index < -0.39 is 0 Å². The average Bonchev–Trinajstić information content (AvgIpc) is 2.61. The maximum Gasteiger partial charge on any atom is 0.258 e. The molecule has 0 saturated carbocycles. The Morgan fingerprint density at radius 3 is 2.84 bits per heavy atom. The molecule has 132 valence electrons. The van der Waals surface area contributed by atoms with Crippen molar-refractivity contribution in [3.05, 3.63) is 45.9 Å². The molecule has 7 heteroatoms. The Labute approximate surface area is 160 Å². The summed E-state index contributed by atoms with van der Waals surface area (Å²) >= 11 is 3.47. The molecule has 2 aromatic carbocycles. The van der Waals surface area contributed by atoms with Crippen molar-refractivity contribution in [2.45, 2.75) is 12.8 Å². The maximum atomic E-state index is 13.1. The van der Waals surface area contributed by atoms with Crippen LogP contribution < -0.4 is 20.1 Å². The predicted molar refractivity (Wildman–Crippen MR) is 103 cm³/mol. The lowest BCUT2D eigenvalue weighted by molar-refractivity contribution is 0.0983. The van der Waals surface area contributed by atoms with E-state index in [1.165, 1.54) is 0 Å². The topological polar surface area (TPSA) is 64.8 Å². The summed E-state index contributed by atoms with van der Waals surface area (Å²) in [5.41, 5.74) is 9.34. The highest BCUT2D eigenvalue weighted by molar-refractivity contribution is 9.10. The van der Waals surface area contributed by atoms with E-state index in [-0.39, 0.29) is 18.3 Å². The van der Waals surface area contributed by atoms with Gasteiger partial charge in [-0.2, -0.15) is 0 Å². The van der Waals surface area contributed by atoms with E-state index in [4.69, 9.17) is 15.2 Å². The van der Waals surface area contributed by atoms with Gasteiger partial charge in [-0.3, -0.25) is 4.79 Å². The van der Waals surface area contributed by atoms with Gasteiger partial charge in [-0.1, -0.05) is 6.07 Å². The fourth-order valence-corrected chi connectivity index (χ4v) is 3.81. The van der Waals surface area contributed by atoms with Gasteiger partial charge in [0.2, 0.25) is 0 Å². The number of hydrogen-bond donors (Lipinski definition) is 1. The van der Waals surface area contributed by atoms with Gasteiger partial charge in [0, 0.05) is 23.5 Å². The first-order chi connectivity index (χ1) is 11.6. The highest BCUT2D eigenvalue weighted by Gasteiger charge is 2.27. The molecule has 25 heavy (non-hydrogen) atoms. The lowest BCUT2D eigenvalue weighted by Crippen LogP contribution is -2.35. The average molecular weight is 426 g/mol. The van der Waals surface area contributed by atoms with Gasteiger partial charge in [0.1, 0.15) is 13.2 Å². The fraction of sp³-hybridized carbons (Fsp3) is 0.278. The summed E-state index contributed by atoms with van der Waals surface area (Å²) in [6.07, 6.45) is 1.80. The van der Waals surface area contributed by atoms with Gasteiger partial charge in [-0.15, -0.1) is 12.4 Å². The molecular formula is C18H18BrClN2O3. The van der Waals surface area contributed by atoms with Crippen LogP contribution in [0.25, 0.3) is 0 Å². The van der Waals surface area contributed by atoms with Crippen molar-refractivity contribution in [1.82, 2.24) is 0 Å². The summed E-state index contributed by atoms with van der Waals surface area (Å²) in [6.45, 7) is 1.68. The zero-order chi connectivity index (χ0) is 16.7. The molecule has 0 fully saturated rings. The Kier molecular flexibility index (Phi) is 5.11. The van der Waals surface area contributed by atoms with E-state index in [0.717, 1.165) is 34.3 Å². The number of ether oxygens (including phenoxy) is 2. The minimum absolute atomic E-state index is 0. The summed E-state index contributed by atoms with van der Waals surface area (Å²) in [5, 5.41) is 0. The minimum atomic E-state index is -0.0563. The summed E-state index contributed by atoms with van der Waals surface area (Å²) in [7, 11) is 0. The van der Waals surface area contributed by atoms with Gasteiger partial charge in [-0.05, 0) is 58.6 Å². The number of carbonyl (C=O) groups excluding carboxylic acids is 1. The van der Waals surface area contributed by atoms with E-state index in [0.29, 0.717) is 36.8 Å². The van der Waals surface area contributed by atoms with E-state index in [9.17, 15) is 4.79 Å². The van der Waals surface area contributed by atoms with Crippen molar-refractivity contribution in [1.29, 1.82) is 0 Å². The third-order valence-corrected chi connectivity index (χ3v) is 4.96. The van der Waals surface area contributed by atoms with Gasteiger partial charge in [0.05, 0.1) is 4.47 Å². The second-order valence-corrected chi connectivity index (χ2v) is 6.74. The molecule has 0 unspecified atom stereocenters. The fourth-order valence-electron chi connectivity index (χ4n) is 3.25. The van der Waals surface area contributed by atoms with Crippen LogP contribution in [0.4, 0.5) is 11.4 Å². The number of carbonyl (C=O) groups is 1. The molecule has 0 radical (unpaired) electrons. The molecule has 4 rings (SSSR count). The van der Waals surface area contributed by atoms with E-state index in [2.05, 4.69) is 15.9 Å². The zero-order valence-corrected chi connectivity index (χ0v) is 15.9. The van der Waals surface area contributed by atoms with Crippen LogP contribution in [0.5, 0.6) is 11.5 Å². The Bertz CT molecular complexity index is 828. The van der Waals surface area contributed by atoms with Crippen LogP contribution in [0.2, 0.25) is 0 Å². The van der Waals surface area contributed by atoms with Crippen molar-refractivity contribution >= 4 is 45.6 Å². The second-order valence-electron chi connectivity index (χ2n) is 5.89. The SMILES string of the molecule is Cl.Nc1cccc2c1CCCN2C(=O)c1cc(Br)c2c(c1)OCCO2. The largest absolute Gasteiger partial charge is 0.486 e. The van der Waals surface area contributed by atoms with Crippen molar-refractivity contribution in [2.75, 3.05) is 30.4 Å². The number of rotatable bonds is 1. The molecule has 2 aliphatic rings. The lowest BCUT2D eigenvalue weighted by atomic mass is 9.99. The highest BCUT2D eigenvalue weighted by atomic mass is 79.9. The summed E-state index contributed by atoms with van der Waals surface area (Å²) < 4.78 is 11.9. The molecule has 2 heterocycles. The molecule has 2 aliphatic heterocycles. The maximum absolute atomic E-state index is 13.1. The Hall–Kier alpha value is -1.92. The van der Waals surface area contributed by atoms with E-state index in [1.54, 1.807) is 17.0 Å². The van der Waals surface area contributed by atoms with Gasteiger partial charge in [0.15, 0.2) is 11.5 Å². The van der Waals surface area contributed by atoms with Gasteiger partial charge in [0.25, 0.3) is 5.91 Å². The third-order valence-electron chi connectivity index (χ3n) is 4.38. The molecule has 0 atom stereocenters. The van der Waals surface area contributed by atoms with Gasteiger partial charge >= 0.3 is 0 Å². The molecule has 1 amide bonds. The molecule has 5 nitrogen and oxygen atoms in total. The van der Waals surface area contributed by atoms with Crippen LogP contribution in [-0.4, -0.2) is 25.7 Å². The number of fused-ring (bicyclic) bond motifs is 2. The third kappa shape index (κ3) is 3.16. The molecule has 0 aliphatic carbocycles. The first-order valence-electron chi connectivity index (χ1n) is 7.93. The number of nitrogens with zero attached hydrogens (tertiary/aromatic N) is 1. The monoisotopic (exact) mass is 424 g/mol. The molecule has 0 aromatic heterocycles. The number of hydrogen-bond acceptors (Lipinski definition) is 4. The number of halogens is 2. The van der Waals surface area contributed by atoms with E-state index in [1.807, 2.05) is 18.2 Å². The number of benzene rings is 2. The number of amides is 1. The first-order valence-corrected chi connectivity index (χ1v) is 8.73. The molecule has 0 bridgehead atoms. The molecule has 0 saturated heterocycles. The van der Waals surface area contributed by atoms with Crippen molar-refractivity contribution in [3.63, 3.8) is 0 Å². The molecule has 0 spiro atoms. The standard InChI is InChI=1S/C18H17BrN2O3.ClH/c19-13-9-11(10-16-17(13)24-8-7-23-16)18(22)21-6-2-3-12-14(20)4-1-5-15(12)21;/h1,4-5,9-10H,2-3,6-8,20H2;1H. The quantitative estimate of drug-likeness (QED) is 0.706. The molecule has 2 N–H and O–H groups in total. The van der Waals surface area contributed by atoms with Crippen LogP contribution >= 0.6 is 28.3 Å².